The van der Waals surface area contributed by atoms with E-state index in [1.54, 1.807) is 6.08 Å². The summed E-state index contributed by atoms with van der Waals surface area (Å²) in [7, 11) is 0. The van der Waals surface area contributed by atoms with E-state index in [1.807, 2.05) is 6.92 Å². The Bertz CT molecular complexity index is 241. The zero-order valence-electron chi connectivity index (χ0n) is 6.33. The number of anilines is 2. The molecule has 60 valence electrons. The van der Waals surface area contributed by atoms with Gasteiger partial charge in [0, 0.05) is 6.04 Å². The number of nitrogens with zero attached hydrogens (tertiary/aromatic N) is 2. The van der Waals surface area contributed by atoms with Gasteiger partial charge in [-0.15, -0.1) is 11.7 Å². The Morgan fingerprint density at radius 2 is 2.55 bits per heavy atom. The van der Waals surface area contributed by atoms with Crippen LogP contribution in [0.25, 0.3) is 0 Å². The van der Waals surface area contributed by atoms with E-state index in [1.165, 1.54) is 0 Å². The molecule has 0 saturated carbocycles. The smallest absolute Gasteiger partial charge is 0.244 e. The molecule has 1 atom stereocenters. The van der Waals surface area contributed by atoms with E-state index >= 15 is 0 Å². The summed E-state index contributed by atoms with van der Waals surface area (Å²) in [4.78, 5) is 3.85. The minimum Gasteiger partial charge on any atom is -0.368 e. The van der Waals surface area contributed by atoms with Crippen molar-refractivity contribution >= 4 is 11.9 Å². The quantitative estimate of drug-likeness (QED) is 0.548. The van der Waals surface area contributed by atoms with Gasteiger partial charge in [0.15, 0.2) is 0 Å². The zero-order chi connectivity index (χ0) is 8.27. The molecule has 0 radical (unpaired) electrons. The zero-order valence-corrected chi connectivity index (χ0v) is 6.33. The first-order chi connectivity index (χ1) is 5.22. The lowest BCUT2D eigenvalue weighted by Gasteiger charge is -2.04. The molecule has 0 amide bonds. The van der Waals surface area contributed by atoms with Crippen molar-refractivity contribution in [1.82, 2.24) is 15.2 Å². The number of rotatable bonds is 3. The lowest BCUT2D eigenvalue weighted by molar-refractivity contribution is 0.959. The molecule has 1 unspecified atom stereocenters. The molecular formula is C6H11N5. The Kier molecular flexibility index (Phi) is 2.10. The van der Waals surface area contributed by atoms with Crippen LogP contribution in [0.15, 0.2) is 12.7 Å². The van der Waals surface area contributed by atoms with Crippen molar-refractivity contribution in [3.8, 4) is 0 Å². The first kappa shape index (κ1) is 7.59. The van der Waals surface area contributed by atoms with Crippen LogP contribution in [0, 0.1) is 0 Å². The van der Waals surface area contributed by atoms with Crippen molar-refractivity contribution in [3.05, 3.63) is 12.7 Å². The maximum absolute atomic E-state index is 5.30. The molecule has 0 spiro atoms. The number of hydrogen-bond acceptors (Lipinski definition) is 4. The first-order valence-corrected chi connectivity index (χ1v) is 3.29. The molecule has 0 aliphatic carbocycles. The third kappa shape index (κ3) is 1.96. The second kappa shape index (κ2) is 3.05. The number of nitrogen functional groups attached to an aromatic ring is 1. The van der Waals surface area contributed by atoms with Crippen molar-refractivity contribution in [2.75, 3.05) is 11.1 Å². The Hall–Kier alpha value is -1.52. The standard InChI is InChI=1S/C6H11N5/c1-3-4(2)8-6-9-5(7)10-11-6/h3-4H,1H2,2H3,(H4,7,8,9,10,11). The number of hydrogen-bond donors (Lipinski definition) is 3. The average Bonchev–Trinajstić information content (AvgIpc) is 2.35. The molecule has 5 heteroatoms. The van der Waals surface area contributed by atoms with E-state index in [-0.39, 0.29) is 6.04 Å². The van der Waals surface area contributed by atoms with E-state index in [0.717, 1.165) is 0 Å². The summed E-state index contributed by atoms with van der Waals surface area (Å²) >= 11 is 0. The highest BCUT2D eigenvalue weighted by Crippen LogP contribution is 2.00. The highest BCUT2D eigenvalue weighted by atomic mass is 15.3. The van der Waals surface area contributed by atoms with Gasteiger partial charge in [0.2, 0.25) is 11.9 Å². The highest BCUT2D eigenvalue weighted by Gasteiger charge is 2.00. The normalized spacial score (nSPS) is 12.5. The van der Waals surface area contributed by atoms with E-state index in [0.29, 0.717) is 11.9 Å². The average molecular weight is 153 g/mol. The highest BCUT2D eigenvalue weighted by molar-refractivity contribution is 5.31. The number of aromatic nitrogens is 3. The van der Waals surface area contributed by atoms with Gasteiger partial charge >= 0.3 is 0 Å². The van der Waals surface area contributed by atoms with E-state index < -0.39 is 0 Å². The van der Waals surface area contributed by atoms with Gasteiger partial charge in [0.05, 0.1) is 0 Å². The lowest BCUT2D eigenvalue weighted by atomic mass is 10.3. The van der Waals surface area contributed by atoms with Gasteiger partial charge in [-0.2, -0.15) is 4.98 Å². The Labute approximate surface area is 64.7 Å². The summed E-state index contributed by atoms with van der Waals surface area (Å²) in [6.45, 7) is 5.55. The van der Waals surface area contributed by atoms with Crippen molar-refractivity contribution in [2.24, 2.45) is 0 Å². The molecular weight excluding hydrogens is 142 g/mol. The minimum atomic E-state index is 0.144. The second-order valence-corrected chi connectivity index (χ2v) is 2.21. The summed E-state index contributed by atoms with van der Waals surface area (Å²) in [5.74, 6) is 0.804. The SMILES string of the molecule is C=CC(C)Nc1n[nH]c(N)n1. The fraction of sp³-hybridized carbons (Fsp3) is 0.333. The molecule has 5 nitrogen and oxygen atoms in total. The van der Waals surface area contributed by atoms with Crippen LogP contribution >= 0.6 is 0 Å². The van der Waals surface area contributed by atoms with Crippen LogP contribution in [0.2, 0.25) is 0 Å². The monoisotopic (exact) mass is 153 g/mol. The maximum atomic E-state index is 5.30. The van der Waals surface area contributed by atoms with Crippen LogP contribution in [-0.2, 0) is 0 Å². The first-order valence-electron chi connectivity index (χ1n) is 3.29. The van der Waals surface area contributed by atoms with Crippen LogP contribution < -0.4 is 11.1 Å². The maximum Gasteiger partial charge on any atom is 0.244 e. The van der Waals surface area contributed by atoms with Crippen molar-refractivity contribution in [2.45, 2.75) is 13.0 Å². The summed E-state index contributed by atoms with van der Waals surface area (Å²) in [5, 5.41) is 9.26. The Morgan fingerprint density at radius 1 is 1.82 bits per heavy atom. The summed E-state index contributed by atoms with van der Waals surface area (Å²) < 4.78 is 0. The van der Waals surface area contributed by atoms with Crippen molar-refractivity contribution in [3.63, 3.8) is 0 Å². The topological polar surface area (TPSA) is 79.6 Å². The predicted octanol–water partition coefficient (Wildman–Crippen LogP) is 0.373. The third-order valence-electron chi connectivity index (χ3n) is 1.21. The van der Waals surface area contributed by atoms with Crippen molar-refractivity contribution in [1.29, 1.82) is 0 Å². The van der Waals surface area contributed by atoms with E-state index in [2.05, 4.69) is 27.1 Å². The molecule has 0 aliphatic rings. The summed E-state index contributed by atoms with van der Waals surface area (Å²) in [6.07, 6.45) is 1.76. The van der Waals surface area contributed by atoms with Crippen LogP contribution in [0.4, 0.5) is 11.9 Å². The number of aromatic amines is 1. The van der Waals surface area contributed by atoms with E-state index in [4.69, 9.17) is 5.73 Å². The molecule has 4 N–H and O–H groups in total. The van der Waals surface area contributed by atoms with Gasteiger partial charge in [0.25, 0.3) is 0 Å². The number of nitrogens with one attached hydrogen (secondary N) is 2. The molecule has 0 aliphatic heterocycles. The van der Waals surface area contributed by atoms with Gasteiger partial charge in [-0.05, 0) is 6.92 Å². The van der Waals surface area contributed by atoms with Gasteiger partial charge in [0.1, 0.15) is 0 Å². The predicted molar refractivity (Wildman–Crippen MR) is 44.1 cm³/mol. The van der Waals surface area contributed by atoms with Gasteiger partial charge < -0.3 is 11.1 Å². The third-order valence-corrected chi connectivity index (χ3v) is 1.21. The Morgan fingerprint density at radius 3 is 3.00 bits per heavy atom. The Balaban J connectivity index is 2.57. The summed E-state index contributed by atoms with van der Waals surface area (Å²) in [5.41, 5.74) is 5.30. The molecule has 0 aromatic carbocycles. The van der Waals surface area contributed by atoms with E-state index in [9.17, 15) is 0 Å². The second-order valence-electron chi connectivity index (χ2n) is 2.21. The molecule has 1 aromatic heterocycles. The molecule has 1 heterocycles. The van der Waals surface area contributed by atoms with Gasteiger partial charge in [-0.1, -0.05) is 6.08 Å². The fourth-order valence-corrected chi connectivity index (χ4v) is 0.601. The molecule has 1 aromatic rings. The number of H-pyrrole nitrogens is 1. The summed E-state index contributed by atoms with van der Waals surface area (Å²) in [6, 6.07) is 0.144. The lowest BCUT2D eigenvalue weighted by Crippen LogP contribution is -2.12. The van der Waals surface area contributed by atoms with Crippen LogP contribution in [0.3, 0.4) is 0 Å². The van der Waals surface area contributed by atoms with Gasteiger partial charge in [-0.3, -0.25) is 0 Å². The molecule has 0 bridgehead atoms. The van der Waals surface area contributed by atoms with Crippen LogP contribution in [0.5, 0.6) is 0 Å². The van der Waals surface area contributed by atoms with Crippen LogP contribution in [0.1, 0.15) is 6.92 Å². The van der Waals surface area contributed by atoms with Crippen molar-refractivity contribution < 1.29 is 0 Å². The minimum absolute atomic E-state index is 0.144. The fourth-order valence-electron chi connectivity index (χ4n) is 0.601. The number of nitrogens with two attached hydrogens (primary N) is 1. The largest absolute Gasteiger partial charge is 0.368 e. The van der Waals surface area contributed by atoms with Gasteiger partial charge in [-0.25, -0.2) is 5.10 Å². The molecule has 0 saturated heterocycles. The van der Waals surface area contributed by atoms with Crippen LogP contribution in [-0.4, -0.2) is 21.2 Å². The molecule has 1 rings (SSSR count). The molecule has 11 heavy (non-hydrogen) atoms. The molecule has 0 fully saturated rings.